The molecule has 0 N–H and O–H groups in total. The number of hydrogen-bond donors (Lipinski definition) is 0. The molecule has 1 aromatic heterocycles. The Bertz CT molecular complexity index is 2200. The van der Waals surface area contributed by atoms with Gasteiger partial charge in [0, 0.05) is 27.8 Å². The molecule has 0 saturated heterocycles. The number of ether oxygens (including phenoxy) is 1. The lowest BCUT2D eigenvalue weighted by molar-refractivity contribution is 0.226. The Balaban J connectivity index is 1.23. The van der Waals surface area contributed by atoms with Gasteiger partial charge in [0.25, 0.3) is 0 Å². The summed E-state index contributed by atoms with van der Waals surface area (Å²) in [6.07, 6.45) is 2.07. The van der Waals surface area contributed by atoms with E-state index in [9.17, 15) is 0 Å². The summed E-state index contributed by atoms with van der Waals surface area (Å²) >= 11 is 0. The molecule has 2 aliphatic rings. The molecule has 1 aliphatic carbocycles. The fraction of sp³-hybridized carbons (Fsp3) is 0.0488. The van der Waals surface area contributed by atoms with E-state index < -0.39 is 0 Å². The Morgan fingerprint density at radius 3 is 1.80 bits per heavy atom. The first-order chi connectivity index (χ1) is 22.3. The maximum absolute atomic E-state index is 6.77. The smallest absolute Gasteiger partial charge is 0.164 e. The van der Waals surface area contributed by atoms with Crippen LogP contribution in [0.3, 0.4) is 0 Å². The van der Waals surface area contributed by atoms with Gasteiger partial charge in [-0.3, -0.25) is 0 Å². The number of aromatic nitrogens is 3. The van der Waals surface area contributed by atoms with Crippen LogP contribution in [0.1, 0.15) is 34.5 Å². The van der Waals surface area contributed by atoms with Crippen LogP contribution in [0.2, 0.25) is 0 Å². The minimum atomic E-state index is -0.180. The third-order valence-corrected chi connectivity index (χ3v) is 8.89. The van der Waals surface area contributed by atoms with Crippen LogP contribution in [0, 0.1) is 0 Å². The van der Waals surface area contributed by atoms with Gasteiger partial charge < -0.3 is 4.74 Å². The monoisotopic (exact) mass is 577 g/mol. The Hall–Kier alpha value is -5.87. The van der Waals surface area contributed by atoms with Gasteiger partial charge >= 0.3 is 0 Å². The van der Waals surface area contributed by atoms with Crippen molar-refractivity contribution in [3.63, 3.8) is 0 Å². The maximum Gasteiger partial charge on any atom is 0.164 e. The van der Waals surface area contributed by atoms with E-state index >= 15 is 0 Å². The highest BCUT2D eigenvalue weighted by Crippen LogP contribution is 2.56. The second-order valence-corrected chi connectivity index (χ2v) is 11.6. The van der Waals surface area contributed by atoms with E-state index in [-0.39, 0.29) is 12.0 Å². The summed E-state index contributed by atoms with van der Waals surface area (Å²) in [6, 6.07) is 50.5. The lowest BCUT2D eigenvalue weighted by atomic mass is 9.77. The highest BCUT2D eigenvalue weighted by atomic mass is 16.5. The van der Waals surface area contributed by atoms with Gasteiger partial charge in [-0.1, -0.05) is 127 Å². The standard InChI is InChI=1S/C41H27N3O/c1-3-12-27(13-4-1)39-42-40(28-14-5-2-6-15-28)44-41(43-39)35-25-32-17-9-10-18-33(32)38-37(35)34-24-31(21-22-36(34)45-38)30-20-19-26-11-7-8-16-29(26)23-30/h1-25,37-38H. The Kier molecular flexibility index (Phi) is 5.91. The molecule has 0 fully saturated rings. The number of rotatable bonds is 4. The molecule has 1 aliphatic heterocycles. The SMILES string of the molecule is C1=C(c2nc(-c3ccccc3)nc(-c3ccccc3)n2)C2c3cc(-c4ccc5ccccc5c4)ccc3OC2c2ccccc21. The Morgan fingerprint density at radius 1 is 0.444 bits per heavy atom. The lowest BCUT2D eigenvalue weighted by Gasteiger charge is -2.28. The van der Waals surface area contributed by atoms with E-state index in [0.29, 0.717) is 17.5 Å². The summed E-state index contributed by atoms with van der Waals surface area (Å²) in [5, 5.41) is 2.46. The second-order valence-electron chi connectivity index (χ2n) is 11.6. The number of benzene rings is 6. The van der Waals surface area contributed by atoms with Crippen LogP contribution in [0.5, 0.6) is 5.75 Å². The molecule has 2 unspecified atom stereocenters. The second kappa shape index (κ2) is 10.4. The molecule has 4 heteroatoms. The molecule has 6 aromatic carbocycles. The van der Waals surface area contributed by atoms with Crippen molar-refractivity contribution in [2.45, 2.75) is 12.0 Å². The van der Waals surface area contributed by atoms with Crippen LogP contribution in [-0.4, -0.2) is 15.0 Å². The molecular formula is C41H27N3O. The van der Waals surface area contributed by atoms with Crippen molar-refractivity contribution in [2.75, 3.05) is 0 Å². The van der Waals surface area contributed by atoms with Gasteiger partial charge in [-0.05, 0) is 51.7 Å². The molecule has 2 heterocycles. The molecule has 212 valence electrons. The van der Waals surface area contributed by atoms with Crippen LogP contribution in [-0.2, 0) is 0 Å². The summed E-state index contributed by atoms with van der Waals surface area (Å²) in [5.41, 5.74) is 8.72. The molecule has 0 radical (unpaired) electrons. The largest absolute Gasteiger partial charge is 0.484 e. The molecule has 0 amide bonds. The average Bonchev–Trinajstić information content (AvgIpc) is 3.51. The van der Waals surface area contributed by atoms with E-state index in [1.165, 1.54) is 21.9 Å². The van der Waals surface area contributed by atoms with Crippen LogP contribution >= 0.6 is 0 Å². The highest BCUT2D eigenvalue weighted by Gasteiger charge is 2.43. The number of fused-ring (bicyclic) bond motifs is 6. The molecule has 7 aromatic rings. The van der Waals surface area contributed by atoms with Crippen LogP contribution < -0.4 is 4.74 Å². The van der Waals surface area contributed by atoms with Crippen molar-refractivity contribution < 1.29 is 4.74 Å². The molecule has 2 atom stereocenters. The molecular weight excluding hydrogens is 550 g/mol. The van der Waals surface area contributed by atoms with Gasteiger partial charge in [-0.15, -0.1) is 0 Å². The quantitative estimate of drug-likeness (QED) is 0.209. The zero-order valence-electron chi connectivity index (χ0n) is 24.3. The van der Waals surface area contributed by atoms with Crippen LogP contribution in [0.15, 0.2) is 146 Å². The van der Waals surface area contributed by atoms with Gasteiger partial charge in [0.1, 0.15) is 11.9 Å². The zero-order valence-corrected chi connectivity index (χ0v) is 24.3. The van der Waals surface area contributed by atoms with Crippen molar-refractivity contribution in [3.8, 4) is 39.7 Å². The molecule has 9 rings (SSSR count). The number of hydrogen-bond acceptors (Lipinski definition) is 4. The minimum Gasteiger partial charge on any atom is -0.484 e. The lowest BCUT2D eigenvalue weighted by Crippen LogP contribution is -2.18. The van der Waals surface area contributed by atoms with Gasteiger partial charge in [0.2, 0.25) is 0 Å². The third-order valence-electron chi connectivity index (χ3n) is 8.89. The van der Waals surface area contributed by atoms with Crippen LogP contribution in [0.25, 0.3) is 56.3 Å². The number of nitrogens with zero attached hydrogens (tertiary/aromatic N) is 3. The Labute approximate surface area is 261 Å². The van der Waals surface area contributed by atoms with Gasteiger partial charge in [-0.25, -0.2) is 15.0 Å². The van der Waals surface area contributed by atoms with Crippen molar-refractivity contribution >= 4 is 22.4 Å². The Morgan fingerprint density at radius 2 is 1.04 bits per heavy atom. The van der Waals surface area contributed by atoms with Gasteiger partial charge in [0.15, 0.2) is 17.5 Å². The minimum absolute atomic E-state index is 0.0787. The van der Waals surface area contributed by atoms with Crippen molar-refractivity contribution in [1.29, 1.82) is 0 Å². The molecule has 0 saturated carbocycles. The predicted molar refractivity (Wildman–Crippen MR) is 181 cm³/mol. The molecule has 4 nitrogen and oxygen atoms in total. The topological polar surface area (TPSA) is 47.9 Å². The third kappa shape index (κ3) is 4.42. The predicted octanol–water partition coefficient (Wildman–Crippen LogP) is 9.80. The van der Waals surface area contributed by atoms with Crippen molar-refractivity contribution in [3.05, 3.63) is 168 Å². The van der Waals surface area contributed by atoms with E-state index in [0.717, 1.165) is 39.1 Å². The summed E-state index contributed by atoms with van der Waals surface area (Å²) in [5.74, 6) is 2.79. The zero-order chi connectivity index (χ0) is 29.7. The summed E-state index contributed by atoms with van der Waals surface area (Å²) < 4.78 is 6.77. The average molecular weight is 578 g/mol. The van der Waals surface area contributed by atoms with Gasteiger partial charge in [0.05, 0.1) is 5.92 Å². The maximum atomic E-state index is 6.77. The normalized spacial score (nSPS) is 16.3. The first kappa shape index (κ1) is 25.6. The summed E-state index contributed by atoms with van der Waals surface area (Å²) in [6.45, 7) is 0. The highest BCUT2D eigenvalue weighted by molar-refractivity contribution is 5.90. The summed E-state index contributed by atoms with van der Waals surface area (Å²) in [4.78, 5) is 15.2. The van der Waals surface area contributed by atoms with E-state index in [4.69, 9.17) is 19.7 Å². The summed E-state index contributed by atoms with van der Waals surface area (Å²) in [7, 11) is 0. The van der Waals surface area contributed by atoms with Crippen molar-refractivity contribution in [2.24, 2.45) is 0 Å². The van der Waals surface area contributed by atoms with Gasteiger partial charge in [-0.2, -0.15) is 0 Å². The first-order valence-electron chi connectivity index (χ1n) is 15.3. The molecule has 45 heavy (non-hydrogen) atoms. The van der Waals surface area contributed by atoms with Crippen LogP contribution in [0.4, 0.5) is 0 Å². The molecule has 0 bridgehead atoms. The van der Waals surface area contributed by atoms with E-state index in [1.807, 2.05) is 60.7 Å². The fourth-order valence-electron chi connectivity index (χ4n) is 6.69. The van der Waals surface area contributed by atoms with E-state index in [1.54, 1.807) is 0 Å². The molecule has 0 spiro atoms. The first-order valence-corrected chi connectivity index (χ1v) is 15.3. The fourth-order valence-corrected chi connectivity index (χ4v) is 6.69. The van der Waals surface area contributed by atoms with Crippen molar-refractivity contribution in [1.82, 2.24) is 15.0 Å². The van der Waals surface area contributed by atoms with E-state index in [2.05, 4.69) is 91.0 Å².